The molecule has 3 heteroatoms. The van der Waals surface area contributed by atoms with Crippen molar-refractivity contribution in [1.29, 1.82) is 0 Å². The van der Waals surface area contributed by atoms with Gasteiger partial charge in [-0.2, -0.15) is 0 Å². The van der Waals surface area contributed by atoms with E-state index < -0.39 is 0 Å². The minimum absolute atomic E-state index is 0.174. The normalized spacial score (nSPS) is 11.7. The maximum Gasteiger partial charge on any atom is 0.308 e. The summed E-state index contributed by atoms with van der Waals surface area (Å²) in [6.07, 6.45) is 0. The van der Waals surface area contributed by atoms with Crippen LogP contribution in [0.5, 0.6) is 11.5 Å². The maximum atomic E-state index is 11.3. The van der Waals surface area contributed by atoms with Gasteiger partial charge >= 0.3 is 5.97 Å². The minimum Gasteiger partial charge on any atom is -0.508 e. The minimum atomic E-state index is -0.340. The zero-order valence-corrected chi connectivity index (χ0v) is 12.0. The molecule has 18 heavy (non-hydrogen) atoms. The molecule has 0 bridgehead atoms. The Morgan fingerprint density at radius 2 is 1.83 bits per heavy atom. The Hall–Kier alpha value is -1.51. The van der Waals surface area contributed by atoms with Crippen molar-refractivity contribution in [1.82, 2.24) is 0 Å². The number of hydrogen-bond acceptors (Lipinski definition) is 3. The molecule has 1 N–H and O–H groups in total. The Balaban J connectivity index is 3.52. The molecule has 0 heterocycles. The SMILES string of the molecule is CC(=O)Oc1c(C(C)C)cc(O)cc1C(C)(C)C. The molecule has 0 radical (unpaired) electrons. The second-order valence-electron chi connectivity index (χ2n) is 5.91. The second-order valence-corrected chi connectivity index (χ2v) is 5.91. The predicted octanol–water partition coefficient (Wildman–Crippen LogP) is 3.74. The zero-order chi connectivity index (χ0) is 14.1. The number of phenols is 1. The Labute approximate surface area is 109 Å². The highest BCUT2D eigenvalue weighted by Crippen LogP contribution is 2.40. The summed E-state index contributed by atoms with van der Waals surface area (Å²) in [5, 5.41) is 9.82. The van der Waals surface area contributed by atoms with Gasteiger partial charge in [0.2, 0.25) is 0 Å². The number of carbonyl (C=O) groups is 1. The lowest BCUT2D eigenvalue weighted by Gasteiger charge is -2.25. The molecule has 0 saturated carbocycles. The molecule has 1 aromatic rings. The molecular formula is C15H22O3. The highest BCUT2D eigenvalue weighted by molar-refractivity contribution is 5.71. The van der Waals surface area contributed by atoms with E-state index in [9.17, 15) is 9.90 Å². The number of ether oxygens (including phenoxy) is 1. The molecule has 0 aliphatic carbocycles. The highest BCUT2D eigenvalue weighted by Gasteiger charge is 2.24. The molecule has 0 aromatic heterocycles. The number of rotatable bonds is 2. The molecule has 0 spiro atoms. The molecule has 0 unspecified atom stereocenters. The third-order valence-corrected chi connectivity index (χ3v) is 2.78. The van der Waals surface area contributed by atoms with Gasteiger partial charge in [-0.3, -0.25) is 4.79 Å². The van der Waals surface area contributed by atoms with Gasteiger partial charge in [-0.1, -0.05) is 34.6 Å². The summed E-state index contributed by atoms with van der Waals surface area (Å²) in [5.74, 6) is 0.628. The molecular weight excluding hydrogens is 228 g/mol. The third-order valence-electron chi connectivity index (χ3n) is 2.78. The van der Waals surface area contributed by atoms with Crippen LogP contribution < -0.4 is 4.74 Å². The molecule has 0 fully saturated rings. The Morgan fingerprint density at radius 1 is 1.28 bits per heavy atom. The van der Waals surface area contributed by atoms with Gasteiger partial charge in [-0.25, -0.2) is 0 Å². The lowest BCUT2D eigenvalue weighted by Crippen LogP contribution is -2.16. The van der Waals surface area contributed by atoms with Gasteiger partial charge in [0, 0.05) is 18.1 Å². The van der Waals surface area contributed by atoms with Gasteiger partial charge in [0.25, 0.3) is 0 Å². The molecule has 0 atom stereocenters. The van der Waals surface area contributed by atoms with E-state index in [0.717, 1.165) is 11.1 Å². The first-order chi connectivity index (χ1) is 8.12. The highest BCUT2D eigenvalue weighted by atomic mass is 16.5. The van der Waals surface area contributed by atoms with Crippen LogP contribution in [0, 0.1) is 0 Å². The molecule has 1 rings (SSSR count). The Morgan fingerprint density at radius 3 is 2.22 bits per heavy atom. The van der Waals surface area contributed by atoms with Gasteiger partial charge in [0.1, 0.15) is 11.5 Å². The average Bonchev–Trinajstić information content (AvgIpc) is 2.17. The van der Waals surface area contributed by atoms with Gasteiger partial charge in [0.05, 0.1) is 0 Å². The van der Waals surface area contributed by atoms with Crippen LogP contribution in [0.15, 0.2) is 12.1 Å². The fourth-order valence-corrected chi connectivity index (χ4v) is 1.88. The van der Waals surface area contributed by atoms with Gasteiger partial charge in [-0.05, 0) is 23.5 Å². The fourth-order valence-electron chi connectivity index (χ4n) is 1.88. The van der Waals surface area contributed by atoms with Gasteiger partial charge < -0.3 is 9.84 Å². The number of esters is 1. The zero-order valence-electron chi connectivity index (χ0n) is 12.0. The number of benzene rings is 1. The molecule has 0 aliphatic heterocycles. The van der Waals surface area contributed by atoms with Crippen LogP contribution in [0.2, 0.25) is 0 Å². The van der Waals surface area contributed by atoms with E-state index >= 15 is 0 Å². The van der Waals surface area contributed by atoms with Crippen molar-refractivity contribution in [3.05, 3.63) is 23.3 Å². The quantitative estimate of drug-likeness (QED) is 0.642. The van der Waals surface area contributed by atoms with Crippen LogP contribution in [-0.2, 0) is 10.2 Å². The van der Waals surface area contributed by atoms with E-state index in [2.05, 4.69) is 0 Å². The van der Waals surface area contributed by atoms with E-state index in [1.165, 1.54) is 6.92 Å². The van der Waals surface area contributed by atoms with Crippen LogP contribution >= 0.6 is 0 Å². The van der Waals surface area contributed by atoms with Gasteiger partial charge in [0.15, 0.2) is 0 Å². The van der Waals surface area contributed by atoms with Crippen LogP contribution in [0.4, 0.5) is 0 Å². The number of hydrogen-bond donors (Lipinski definition) is 1. The summed E-state index contributed by atoms with van der Waals surface area (Å²) in [6.45, 7) is 11.5. The van der Waals surface area contributed by atoms with Crippen molar-refractivity contribution in [2.45, 2.75) is 52.9 Å². The van der Waals surface area contributed by atoms with Crippen molar-refractivity contribution in [3.8, 4) is 11.5 Å². The van der Waals surface area contributed by atoms with Crippen LogP contribution in [0.1, 0.15) is 58.6 Å². The summed E-state index contributed by atoms with van der Waals surface area (Å²) < 4.78 is 5.37. The van der Waals surface area contributed by atoms with Crippen molar-refractivity contribution in [3.63, 3.8) is 0 Å². The van der Waals surface area contributed by atoms with Crippen molar-refractivity contribution < 1.29 is 14.6 Å². The van der Waals surface area contributed by atoms with E-state index in [-0.39, 0.29) is 23.1 Å². The monoisotopic (exact) mass is 250 g/mol. The fraction of sp³-hybridized carbons (Fsp3) is 0.533. The molecule has 0 saturated heterocycles. The van der Waals surface area contributed by atoms with Crippen LogP contribution in [0.25, 0.3) is 0 Å². The van der Waals surface area contributed by atoms with Crippen molar-refractivity contribution in [2.75, 3.05) is 0 Å². The third kappa shape index (κ3) is 3.25. The smallest absolute Gasteiger partial charge is 0.308 e. The van der Waals surface area contributed by atoms with E-state index in [0.29, 0.717) is 5.75 Å². The molecule has 0 amide bonds. The standard InChI is InChI=1S/C15H22O3/c1-9(2)12-7-11(17)8-13(15(4,5)6)14(12)18-10(3)16/h7-9,17H,1-6H3. The van der Waals surface area contributed by atoms with Crippen LogP contribution in [0.3, 0.4) is 0 Å². The molecule has 1 aromatic carbocycles. The second kappa shape index (κ2) is 5.01. The summed E-state index contributed by atoms with van der Waals surface area (Å²) in [7, 11) is 0. The van der Waals surface area contributed by atoms with E-state index in [1.807, 2.05) is 34.6 Å². The Bertz CT molecular complexity index is 454. The summed E-state index contributed by atoms with van der Waals surface area (Å²) in [5.41, 5.74) is 1.50. The molecule has 3 nitrogen and oxygen atoms in total. The van der Waals surface area contributed by atoms with Gasteiger partial charge in [-0.15, -0.1) is 0 Å². The van der Waals surface area contributed by atoms with E-state index in [1.54, 1.807) is 12.1 Å². The summed E-state index contributed by atoms with van der Waals surface area (Å²) in [4.78, 5) is 11.3. The topological polar surface area (TPSA) is 46.5 Å². The first kappa shape index (κ1) is 14.6. The lowest BCUT2D eigenvalue weighted by molar-refractivity contribution is -0.132. The lowest BCUT2D eigenvalue weighted by atomic mass is 9.83. The average molecular weight is 250 g/mol. The summed E-state index contributed by atoms with van der Waals surface area (Å²) in [6, 6.07) is 3.34. The maximum absolute atomic E-state index is 11.3. The first-order valence-corrected chi connectivity index (χ1v) is 6.18. The van der Waals surface area contributed by atoms with Crippen molar-refractivity contribution in [2.24, 2.45) is 0 Å². The molecule has 100 valence electrons. The first-order valence-electron chi connectivity index (χ1n) is 6.18. The Kier molecular flexibility index (Phi) is 4.05. The number of aromatic hydroxyl groups is 1. The number of phenolic OH excluding ortho intramolecular Hbond substituents is 1. The van der Waals surface area contributed by atoms with Crippen LogP contribution in [-0.4, -0.2) is 11.1 Å². The van der Waals surface area contributed by atoms with E-state index in [4.69, 9.17) is 4.74 Å². The largest absolute Gasteiger partial charge is 0.508 e. The van der Waals surface area contributed by atoms with Crippen molar-refractivity contribution >= 4 is 5.97 Å². The predicted molar refractivity (Wildman–Crippen MR) is 72.2 cm³/mol. The number of carbonyl (C=O) groups excluding carboxylic acids is 1. The summed E-state index contributed by atoms with van der Waals surface area (Å²) >= 11 is 0. The molecule has 0 aliphatic rings.